The Kier molecular flexibility index (Phi) is 4.91. The van der Waals surface area contributed by atoms with Gasteiger partial charge in [-0.2, -0.15) is 18.3 Å². The summed E-state index contributed by atoms with van der Waals surface area (Å²) in [4.78, 5) is 10.1. The van der Waals surface area contributed by atoms with Gasteiger partial charge in [0.1, 0.15) is 22.9 Å². The monoisotopic (exact) mass is 371 g/mol. The number of alkyl halides is 3. The van der Waals surface area contributed by atoms with Gasteiger partial charge in [-0.15, -0.1) is 0 Å². The number of benzene rings is 2. The van der Waals surface area contributed by atoms with Gasteiger partial charge < -0.3 is 15.3 Å². The average molecular weight is 371 g/mol. The van der Waals surface area contributed by atoms with Gasteiger partial charge in [0.05, 0.1) is 22.3 Å². The number of halogens is 3. The molecule has 11 heteroatoms. The molecule has 0 aromatic heterocycles. The second-order valence-corrected chi connectivity index (χ2v) is 5.12. The minimum atomic E-state index is -4.74. The van der Waals surface area contributed by atoms with Crippen molar-refractivity contribution in [2.45, 2.75) is 6.18 Å². The van der Waals surface area contributed by atoms with Crippen molar-refractivity contribution in [3.05, 3.63) is 51.6 Å². The van der Waals surface area contributed by atoms with Gasteiger partial charge in [-0.3, -0.25) is 15.1 Å². The molecule has 0 heterocycles. The van der Waals surface area contributed by atoms with Crippen molar-refractivity contribution < 1.29 is 33.4 Å². The molecule has 0 amide bonds. The SMILES string of the molecule is CN(/N=C/c1c(O)cc(O)cc1O)c1ccc(C(F)(F)F)cc1[N+](=O)[O-]. The van der Waals surface area contributed by atoms with Crippen molar-refractivity contribution in [2.24, 2.45) is 5.10 Å². The largest absolute Gasteiger partial charge is 0.508 e. The lowest BCUT2D eigenvalue weighted by atomic mass is 10.1. The Bertz CT molecular complexity index is 860. The number of hydrazone groups is 1. The van der Waals surface area contributed by atoms with E-state index in [1.807, 2.05) is 0 Å². The quantitative estimate of drug-likeness (QED) is 0.431. The van der Waals surface area contributed by atoms with Crippen LogP contribution in [0.5, 0.6) is 17.2 Å². The zero-order chi connectivity index (χ0) is 19.6. The number of nitrogens with zero attached hydrogens (tertiary/aromatic N) is 3. The van der Waals surface area contributed by atoms with Crippen LogP contribution in [0, 0.1) is 10.1 Å². The minimum absolute atomic E-state index is 0.191. The van der Waals surface area contributed by atoms with E-state index in [0.717, 1.165) is 29.4 Å². The summed E-state index contributed by atoms with van der Waals surface area (Å²) in [5.41, 5.74) is -2.43. The molecule has 0 spiro atoms. The van der Waals surface area contributed by atoms with E-state index < -0.39 is 39.6 Å². The molecule has 2 aromatic rings. The van der Waals surface area contributed by atoms with E-state index >= 15 is 0 Å². The maximum Gasteiger partial charge on any atom is 0.416 e. The molecule has 0 aliphatic heterocycles. The molecule has 0 bridgehead atoms. The van der Waals surface area contributed by atoms with Crippen LogP contribution in [0.2, 0.25) is 0 Å². The molecule has 8 nitrogen and oxygen atoms in total. The second kappa shape index (κ2) is 6.78. The summed E-state index contributed by atoms with van der Waals surface area (Å²) in [6.45, 7) is 0. The van der Waals surface area contributed by atoms with Crippen LogP contribution in [0.3, 0.4) is 0 Å². The molecule has 0 saturated carbocycles. The van der Waals surface area contributed by atoms with Crippen LogP contribution in [0.25, 0.3) is 0 Å². The first-order chi connectivity index (χ1) is 12.0. The van der Waals surface area contributed by atoms with Crippen LogP contribution >= 0.6 is 0 Å². The van der Waals surface area contributed by atoms with Crippen molar-refractivity contribution in [1.82, 2.24) is 0 Å². The Morgan fingerprint density at radius 3 is 2.23 bits per heavy atom. The normalized spacial score (nSPS) is 11.7. The third-order valence-corrected chi connectivity index (χ3v) is 3.33. The molecule has 0 aliphatic rings. The Balaban J connectivity index is 2.41. The van der Waals surface area contributed by atoms with Gasteiger partial charge in [-0.1, -0.05) is 0 Å². The van der Waals surface area contributed by atoms with Crippen LogP contribution in [-0.2, 0) is 6.18 Å². The molecule has 0 saturated heterocycles. The van der Waals surface area contributed by atoms with Gasteiger partial charge in [0.15, 0.2) is 0 Å². The lowest BCUT2D eigenvalue weighted by Gasteiger charge is -2.15. The molecule has 0 aliphatic carbocycles. The van der Waals surface area contributed by atoms with Crippen molar-refractivity contribution in [2.75, 3.05) is 12.1 Å². The Morgan fingerprint density at radius 2 is 1.73 bits per heavy atom. The summed E-state index contributed by atoms with van der Waals surface area (Å²) in [6.07, 6.45) is -3.81. The van der Waals surface area contributed by atoms with Gasteiger partial charge in [0.25, 0.3) is 5.69 Å². The van der Waals surface area contributed by atoms with Gasteiger partial charge >= 0.3 is 6.18 Å². The molecule has 0 fully saturated rings. The number of nitro groups is 1. The van der Waals surface area contributed by atoms with Gasteiger partial charge in [0.2, 0.25) is 0 Å². The van der Waals surface area contributed by atoms with Crippen molar-refractivity contribution in [1.29, 1.82) is 0 Å². The summed E-state index contributed by atoms with van der Waals surface area (Å²) >= 11 is 0. The highest BCUT2D eigenvalue weighted by Crippen LogP contribution is 2.36. The number of rotatable bonds is 4. The van der Waals surface area contributed by atoms with E-state index in [9.17, 15) is 38.6 Å². The standard InChI is InChI=1S/C15H12F3N3O5/c1-20(19-7-10-13(23)5-9(22)6-14(10)24)11-3-2-8(15(16,17)18)4-12(11)21(25)26/h2-7,22-24H,1H3/b19-7+. The Hall–Kier alpha value is -3.50. The highest BCUT2D eigenvalue weighted by atomic mass is 19.4. The third-order valence-electron chi connectivity index (χ3n) is 3.33. The fraction of sp³-hybridized carbons (Fsp3) is 0.133. The van der Waals surface area contributed by atoms with E-state index in [1.165, 1.54) is 7.05 Å². The summed E-state index contributed by atoms with van der Waals surface area (Å²) in [5.74, 6) is -1.42. The summed E-state index contributed by atoms with van der Waals surface area (Å²) in [7, 11) is 1.24. The minimum Gasteiger partial charge on any atom is -0.508 e. The van der Waals surface area contributed by atoms with Gasteiger partial charge in [-0.05, 0) is 12.1 Å². The molecule has 26 heavy (non-hydrogen) atoms. The molecule has 138 valence electrons. The first-order valence-electron chi connectivity index (χ1n) is 6.89. The van der Waals surface area contributed by atoms with Crippen molar-refractivity contribution >= 4 is 17.6 Å². The topological polar surface area (TPSA) is 119 Å². The number of hydrogen-bond donors (Lipinski definition) is 3. The van der Waals surface area contributed by atoms with Crippen molar-refractivity contribution in [3.8, 4) is 17.2 Å². The molecule has 2 rings (SSSR count). The number of aromatic hydroxyl groups is 3. The van der Waals surface area contributed by atoms with Gasteiger partial charge in [-0.25, -0.2) is 0 Å². The predicted molar refractivity (Wildman–Crippen MR) is 85.5 cm³/mol. The molecular formula is C15H12F3N3O5. The van der Waals surface area contributed by atoms with Crippen molar-refractivity contribution in [3.63, 3.8) is 0 Å². The number of phenols is 3. The molecular weight excluding hydrogens is 359 g/mol. The first-order valence-corrected chi connectivity index (χ1v) is 6.89. The number of hydrogen-bond acceptors (Lipinski definition) is 7. The molecule has 2 aromatic carbocycles. The average Bonchev–Trinajstić information content (AvgIpc) is 2.52. The van der Waals surface area contributed by atoms with Gasteiger partial charge in [0, 0.05) is 25.2 Å². The second-order valence-electron chi connectivity index (χ2n) is 5.12. The fourth-order valence-corrected chi connectivity index (χ4v) is 2.07. The van der Waals surface area contributed by atoms with Crippen LogP contribution in [0.15, 0.2) is 35.4 Å². The third kappa shape index (κ3) is 3.94. The molecule has 0 atom stereocenters. The van der Waals surface area contributed by atoms with E-state index in [2.05, 4.69) is 5.10 Å². The smallest absolute Gasteiger partial charge is 0.416 e. The molecule has 0 radical (unpaired) electrons. The lowest BCUT2D eigenvalue weighted by Crippen LogP contribution is -2.13. The predicted octanol–water partition coefficient (Wildman–Crippen LogP) is 3.20. The van der Waals surface area contributed by atoms with E-state index in [-0.39, 0.29) is 11.3 Å². The van der Waals surface area contributed by atoms with E-state index in [4.69, 9.17) is 0 Å². The molecule has 3 N–H and O–H groups in total. The maximum atomic E-state index is 12.7. The van der Waals surface area contributed by atoms with Crippen LogP contribution < -0.4 is 5.01 Å². The fourth-order valence-electron chi connectivity index (χ4n) is 2.07. The van der Waals surface area contributed by atoms with Crippen LogP contribution in [0.4, 0.5) is 24.5 Å². The molecule has 0 unspecified atom stereocenters. The van der Waals surface area contributed by atoms with E-state index in [0.29, 0.717) is 12.1 Å². The number of nitro benzene ring substituents is 1. The zero-order valence-electron chi connectivity index (χ0n) is 13.1. The Morgan fingerprint density at radius 1 is 1.15 bits per heavy atom. The highest BCUT2D eigenvalue weighted by molar-refractivity contribution is 5.88. The zero-order valence-corrected chi connectivity index (χ0v) is 13.1. The lowest BCUT2D eigenvalue weighted by molar-refractivity contribution is -0.384. The van der Waals surface area contributed by atoms with Crippen LogP contribution in [0.1, 0.15) is 11.1 Å². The first kappa shape index (κ1) is 18.8. The Labute approximate surface area is 144 Å². The van der Waals surface area contributed by atoms with E-state index in [1.54, 1.807) is 0 Å². The van der Waals surface area contributed by atoms with Crippen LogP contribution in [-0.4, -0.2) is 33.5 Å². The highest BCUT2D eigenvalue weighted by Gasteiger charge is 2.33. The maximum absolute atomic E-state index is 12.7. The summed E-state index contributed by atoms with van der Waals surface area (Å²) < 4.78 is 38.1. The summed E-state index contributed by atoms with van der Waals surface area (Å²) in [5, 5.41) is 44.3. The summed E-state index contributed by atoms with van der Waals surface area (Å²) in [6, 6.07) is 3.80. The number of phenolic OH excluding ortho intramolecular Hbond substituents is 3. The number of anilines is 1.